The van der Waals surface area contributed by atoms with Gasteiger partial charge in [0.2, 0.25) is 0 Å². The molecule has 0 aliphatic heterocycles. The monoisotopic (exact) mass is 282 g/mol. The topological polar surface area (TPSA) is 28.7 Å². The molecule has 3 aromatic carbocycles. The largest absolute Gasteiger partial charge is 0.336 e. The van der Waals surface area contributed by atoms with Gasteiger partial charge in [0.1, 0.15) is 0 Å². The van der Waals surface area contributed by atoms with Crippen molar-refractivity contribution in [2.75, 3.05) is 0 Å². The van der Waals surface area contributed by atoms with Gasteiger partial charge < -0.3 is 4.57 Å². The zero-order chi connectivity index (χ0) is 14.9. The molecule has 0 bridgehead atoms. The Labute approximate surface area is 128 Å². The summed E-state index contributed by atoms with van der Waals surface area (Å²) in [4.78, 5) is 0. The molecule has 1 heterocycles. The molecular weight excluding hydrogens is 268 g/mol. The Morgan fingerprint density at radius 3 is 1.91 bits per heavy atom. The number of rotatable bonds is 2. The van der Waals surface area contributed by atoms with E-state index in [4.69, 9.17) is 0 Å². The summed E-state index contributed by atoms with van der Waals surface area (Å²) in [6, 6.07) is 27.0. The number of hydrogen-bond acceptors (Lipinski definition) is 1. The van der Waals surface area contributed by atoms with Crippen LogP contribution in [0, 0.1) is 11.3 Å². The molecule has 0 saturated carbocycles. The van der Waals surface area contributed by atoms with Gasteiger partial charge in [-0.1, -0.05) is 54.6 Å². The minimum atomic E-state index is 0.706. The Kier molecular flexibility index (Phi) is 2.91. The zero-order valence-electron chi connectivity index (χ0n) is 12.0. The fourth-order valence-corrected chi connectivity index (χ4v) is 3.11. The first kappa shape index (κ1) is 12.7. The lowest BCUT2D eigenvalue weighted by atomic mass is 10.1. The Bertz CT molecular complexity index is 965. The van der Waals surface area contributed by atoms with Crippen molar-refractivity contribution >= 4 is 21.8 Å². The summed E-state index contributed by atoms with van der Waals surface area (Å²) in [6.45, 7) is 0.706. The van der Waals surface area contributed by atoms with Crippen molar-refractivity contribution in [2.45, 2.75) is 6.54 Å². The van der Waals surface area contributed by atoms with Crippen LogP contribution in [0.15, 0.2) is 72.8 Å². The third-order valence-electron chi connectivity index (χ3n) is 4.15. The normalized spacial score (nSPS) is 10.9. The van der Waals surface area contributed by atoms with Gasteiger partial charge >= 0.3 is 0 Å². The molecule has 0 amide bonds. The molecule has 0 unspecified atom stereocenters. The van der Waals surface area contributed by atoms with Crippen molar-refractivity contribution in [3.63, 3.8) is 0 Å². The highest BCUT2D eigenvalue weighted by Gasteiger charge is 2.11. The van der Waals surface area contributed by atoms with Crippen molar-refractivity contribution in [1.82, 2.24) is 4.57 Å². The molecular formula is C20H14N2. The van der Waals surface area contributed by atoms with E-state index in [0.717, 1.165) is 11.1 Å². The number of para-hydroxylation sites is 2. The summed E-state index contributed by atoms with van der Waals surface area (Å²) < 4.78 is 2.29. The van der Waals surface area contributed by atoms with Crippen LogP contribution in [0.4, 0.5) is 0 Å². The van der Waals surface area contributed by atoms with E-state index in [9.17, 15) is 5.26 Å². The highest BCUT2D eigenvalue weighted by Crippen LogP contribution is 2.29. The summed E-state index contributed by atoms with van der Waals surface area (Å²) in [5.74, 6) is 0. The SMILES string of the molecule is N#Cc1ccccc1Cn1c2ccccc2c2ccccc21. The van der Waals surface area contributed by atoms with E-state index in [0.29, 0.717) is 6.54 Å². The van der Waals surface area contributed by atoms with Crippen molar-refractivity contribution in [3.8, 4) is 6.07 Å². The maximum atomic E-state index is 9.31. The average molecular weight is 282 g/mol. The summed E-state index contributed by atoms with van der Waals surface area (Å²) in [5.41, 5.74) is 4.20. The van der Waals surface area contributed by atoms with Gasteiger partial charge in [-0.05, 0) is 23.8 Å². The summed E-state index contributed by atoms with van der Waals surface area (Å²) in [6.07, 6.45) is 0. The molecule has 22 heavy (non-hydrogen) atoms. The molecule has 0 spiro atoms. The summed E-state index contributed by atoms with van der Waals surface area (Å²) in [7, 11) is 0. The van der Waals surface area contributed by atoms with Gasteiger partial charge in [-0.25, -0.2) is 0 Å². The molecule has 0 N–H and O–H groups in total. The number of aromatic nitrogens is 1. The van der Waals surface area contributed by atoms with E-state index in [2.05, 4.69) is 59.2 Å². The van der Waals surface area contributed by atoms with Gasteiger partial charge in [0.05, 0.1) is 11.6 Å². The second kappa shape index (κ2) is 5.05. The number of benzene rings is 3. The Morgan fingerprint density at radius 2 is 1.27 bits per heavy atom. The van der Waals surface area contributed by atoms with Crippen molar-refractivity contribution in [1.29, 1.82) is 5.26 Å². The Balaban J connectivity index is 1.99. The van der Waals surface area contributed by atoms with Gasteiger partial charge in [0.15, 0.2) is 0 Å². The third kappa shape index (κ3) is 1.88. The molecule has 1 aromatic heterocycles. The van der Waals surface area contributed by atoms with Crippen LogP contribution in [0.2, 0.25) is 0 Å². The van der Waals surface area contributed by atoms with E-state index in [1.807, 2.05) is 24.3 Å². The fraction of sp³-hybridized carbons (Fsp3) is 0.0500. The van der Waals surface area contributed by atoms with Gasteiger partial charge in [0.25, 0.3) is 0 Å². The van der Waals surface area contributed by atoms with Crippen LogP contribution in [0.1, 0.15) is 11.1 Å². The summed E-state index contributed by atoms with van der Waals surface area (Å²) >= 11 is 0. The standard InChI is InChI=1S/C20H14N2/c21-13-15-7-1-2-8-16(15)14-22-19-11-5-3-9-17(19)18-10-4-6-12-20(18)22/h1-12H,14H2. The lowest BCUT2D eigenvalue weighted by Crippen LogP contribution is -2.01. The molecule has 104 valence electrons. The van der Waals surface area contributed by atoms with Crippen LogP contribution < -0.4 is 0 Å². The molecule has 4 rings (SSSR count). The highest BCUT2D eigenvalue weighted by molar-refractivity contribution is 6.08. The van der Waals surface area contributed by atoms with E-state index in [-0.39, 0.29) is 0 Å². The van der Waals surface area contributed by atoms with E-state index in [1.165, 1.54) is 21.8 Å². The van der Waals surface area contributed by atoms with Crippen LogP contribution in [-0.4, -0.2) is 4.57 Å². The van der Waals surface area contributed by atoms with E-state index < -0.39 is 0 Å². The Hall–Kier alpha value is -3.05. The molecule has 0 radical (unpaired) electrons. The predicted molar refractivity (Wildman–Crippen MR) is 89.7 cm³/mol. The number of hydrogen-bond donors (Lipinski definition) is 0. The van der Waals surface area contributed by atoms with Gasteiger partial charge in [-0.2, -0.15) is 5.26 Å². The van der Waals surface area contributed by atoms with Crippen LogP contribution in [0.3, 0.4) is 0 Å². The Morgan fingerprint density at radius 1 is 0.727 bits per heavy atom. The van der Waals surface area contributed by atoms with Crippen molar-refractivity contribution in [3.05, 3.63) is 83.9 Å². The molecule has 0 atom stereocenters. The van der Waals surface area contributed by atoms with Crippen LogP contribution >= 0.6 is 0 Å². The quantitative estimate of drug-likeness (QED) is 0.523. The highest BCUT2D eigenvalue weighted by atomic mass is 15.0. The van der Waals surface area contributed by atoms with Crippen molar-refractivity contribution in [2.24, 2.45) is 0 Å². The fourth-order valence-electron chi connectivity index (χ4n) is 3.11. The van der Waals surface area contributed by atoms with E-state index in [1.54, 1.807) is 0 Å². The molecule has 0 aliphatic rings. The average Bonchev–Trinajstić information content (AvgIpc) is 2.90. The first-order valence-corrected chi connectivity index (χ1v) is 7.32. The first-order valence-electron chi connectivity index (χ1n) is 7.32. The lowest BCUT2D eigenvalue weighted by Gasteiger charge is -2.09. The number of nitrogens with zero attached hydrogens (tertiary/aromatic N) is 2. The third-order valence-corrected chi connectivity index (χ3v) is 4.15. The zero-order valence-corrected chi connectivity index (χ0v) is 12.0. The van der Waals surface area contributed by atoms with Crippen LogP contribution in [0.25, 0.3) is 21.8 Å². The summed E-state index contributed by atoms with van der Waals surface area (Å²) in [5, 5.41) is 11.8. The minimum absolute atomic E-state index is 0.706. The molecule has 2 heteroatoms. The van der Waals surface area contributed by atoms with Crippen LogP contribution in [-0.2, 0) is 6.54 Å². The molecule has 0 aliphatic carbocycles. The second-order valence-corrected chi connectivity index (χ2v) is 5.39. The van der Waals surface area contributed by atoms with E-state index >= 15 is 0 Å². The minimum Gasteiger partial charge on any atom is -0.336 e. The van der Waals surface area contributed by atoms with Crippen molar-refractivity contribution < 1.29 is 0 Å². The second-order valence-electron chi connectivity index (χ2n) is 5.39. The first-order chi connectivity index (χ1) is 10.9. The van der Waals surface area contributed by atoms with Gasteiger partial charge in [-0.15, -0.1) is 0 Å². The molecule has 0 saturated heterocycles. The predicted octanol–water partition coefficient (Wildman–Crippen LogP) is 4.71. The lowest BCUT2D eigenvalue weighted by molar-refractivity contribution is 0.866. The molecule has 2 nitrogen and oxygen atoms in total. The molecule has 0 fully saturated rings. The van der Waals surface area contributed by atoms with Gasteiger partial charge in [0, 0.05) is 28.4 Å². The molecule has 4 aromatic rings. The maximum Gasteiger partial charge on any atom is 0.0995 e. The number of nitriles is 1. The van der Waals surface area contributed by atoms with Crippen LogP contribution in [0.5, 0.6) is 0 Å². The maximum absolute atomic E-state index is 9.31. The van der Waals surface area contributed by atoms with Gasteiger partial charge in [-0.3, -0.25) is 0 Å². The number of fused-ring (bicyclic) bond motifs is 3. The smallest absolute Gasteiger partial charge is 0.0995 e.